The smallest absolute Gasteiger partial charge is 0.331 e. The third-order valence-electron chi connectivity index (χ3n) is 5.04. The van der Waals surface area contributed by atoms with Crippen molar-refractivity contribution in [1.29, 1.82) is 0 Å². The van der Waals surface area contributed by atoms with Gasteiger partial charge in [0.25, 0.3) is 0 Å². The molecule has 3 aromatic rings. The largest absolute Gasteiger partial charge is 0.478 e. The van der Waals surface area contributed by atoms with Crippen molar-refractivity contribution in [2.45, 2.75) is 30.9 Å². The molecule has 0 spiro atoms. The maximum atomic E-state index is 13.3. The SMILES string of the molecule is C/C(=C/C(=O)Nc1ccc(S[C@H](C(=O)Nc2ccc(C)cc2C)c2ccccc2)cc1)C(=O)O. The molecule has 174 valence electrons. The predicted molar refractivity (Wildman–Crippen MR) is 136 cm³/mol. The standard InChI is InChI=1S/C27H26N2O4S/c1-17-9-14-23(18(2)15-17)29-26(31)25(20-7-5-4-6-8-20)34-22-12-10-21(11-13-22)28-24(30)16-19(3)27(32)33/h4-16,25H,1-3H3,(H,28,30)(H,29,31)(H,32,33)/b19-16-/t25-/m0/s1. The Balaban J connectivity index is 1.76. The van der Waals surface area contributed by atoms with E-state index in [0.717, 1.165) is 33.3 Å². The number of carbonyl (C=O) groups excluding carboxylic acids is 2. The van der Waals surface area contributed by atoms with Gasteiger partial charge in [-0.3, -0.25) is 9.59 Å². The van der Waals surface area contributed by atoms with Crippen LogP contribution in [0.4, 0.5) is 11.4 Å². The molecular formula is C27H26N2O4S. The van der Waals surface area contributed by atoms with E-state index < -0.39 is 17.1 Å². The molecule has 0 aliphatic heterocycles. The first-order valence-electron chi connectivity index (χ1n) is 10.7. The van der Waals surface area contributed by atoms with Crippen LogP contribution < -0.4 is 10.6 Å². The zero-order valence-electron chi connectivity index (χ0n) is 19.2. The molecule has 0 aliphatic carbocycles. The molecule has 0 unspecified atom stereocenters. The minimum Gasteiger partial charge on any atom is -0.478 e. The molecule has 6 nitrogen and oxygen atoms in total. The Morgan fingerprint density at radius 1 is 0.912 bits per heavy atom. The van der Waals surface area contributed by atoms with Gasteiger partial charge in [-0.05, 0) is 62.2 Å². The van der Waals surface area contributed by atoms with Gasteiger partial charge in [-0.2, -0.15) is 0 Å². The molecule has 0 aliphatic rings. The number of nitrogens with one attached hydrogen (secondary N) is 2. The number of carbonyl (C=O) groups is 3. The summed E-state index contributed by atoms with van der Waals surface area (Å²) in [5, 5.41) is 14.1. The molecule has 0 fully saturated rings. The Morgan fingerprint density at radius 3 is 2.21 bits per heavy atom. The van der Waals surface area contributed by atoms with Gasteiger partial charge in [0.05, 0.1) is 0 Å². The van der Waals surface area contributed by atoms with Crippen molar-refractivity contribution in [3.63, 3.8) is 0 Å². The van der Waals surface area contributed by atoms with Crippen molar-refractivity contribution in [2.24, 2.45) is 0 Å². The van der Waals surface area contributed by atoms with E-state index in [2.05, 4.69) is 10.6 Å². The molecule has 34 heavy (non-hydrogen) atoms. The summed E-state index contributed by atoms with van der Waals surface area (Å²) >= 11 is 1.41. The summed E-state index contributed by atoms with van der Waals surface area (Å²) in [7, 11) is 0. The number of rotatable bonds is 8. The van der Waals surface area contributed by atoms with Crippen molar-refractivity contribution in [3.8, 4) is 0 Å². The van der Waals surface area contributed by atoms with Crippen LogP contribution in [0.1, 0.15) is 28.9 Å². The van der Waals surface area contributed by atoms with E-state index in [1.807, 2.05) is 74.5 Å². The quantitative estimate of drug-likeness (QED) is 0.286. The van der Waals surface area contributed by atoms with Crippen LogP contribution in [0, 0.1) is 13.8 Å². The highest BCUT2D eigenvalue weighted by atomic mass is 32.2. The van der Waals surface area contributed by atoms with Crippen LogP contribution in [0.15, 0.2) is 89.3 Å². The van der Waals surface area contributed by atoms with E-state index in [1.54, 1.807) is 12.1 Å². The second kappa shape index (κ2) is 11.3. The van der Waals surface area contributed by atoms with E-state index in [-0.39, 0.29) is 11.5 Å². The van der Waals surface area contributed by atoms with E-state index in [9.17, 15) is 14.4 Å². The third-order valence-corrected chi connectivity index (χ3v) is 6.31. The molecule has 7 heteroatoms. The average molecular weight is 475 g/mol. The van der Waals surface area contributed by atoms with Gasteiger partial charge < -0.3 is 15.7 Å². The maximum absolute atomic E-state index is 13.3. The number of aliphatic carboxylic acids is 1. The van der Waals surface area contributed by atoms with E-state index >= 15 is 0 Å². The van der Waals surface area contributed by atoms with E-state index in [0.29, 0.717) is 5.69 Å². The van der Waals surface area contributed by atoms with Crippen LogP contribution in [0.5, 0.6) is 0 Å². The molecule has 0 bridgehead atoms. The summed E-state index contributed by atoms with van der Waals surface area (Å²) in [6.45, 7) is 5.33. The summed E-state index contributed by atoms with van der Waals surface area (Å²) in [4.78, 5) is 37.0. The van der Waals surface area contributed by atoms with Crippen molar-refractivity contribution in [3.05, 3.63) is 101 Å². The lowest BCUT2D eigenvalue weighted by Gasteiger charge is -2.18. The number of benzene rings is 3. The zero-order valence-corrected chi connectivity index (χ0v) is 20.0. The number of hydrogen-bond acceptors (Lipinski definition) is 4. The Bertz CT molecular complexity index is 1220. The van der Waals surface area contributed by atoms with Gasteiger partial charge in [0.15, 0.2) is 0 Å². The van der Waals surface area contributed by atoms with Gasteiger partial charge in [-0.1, -0.05) is 48.0 Å². The zero-order chi connectivity index (χ0) is 24.7. The maximum Gasteiger partial charge on any atom is 0.331 e. The summed E-state index contributed by atoms with van der Waals surface area (Å²) in [5.41, 5.74) is 4.26. The fourth-order valence-electron chi connectivity index (χ4n) is 3.24. The van der Waals surface area contributed by atoms with Gasteiger partial charge in [0.2, 0.25) is 11.8 Å². The fraction of sp³-hybridized carbons (Fsp3) is 0.148. The number of carboxylic acids is 1. The lowest BCUT2D eigenvalue weighted by atomic mass is 10.1. The van der Waals surface area contributed by atoms with Crippen molar-refractivity contribution in [1.82, 2.24) is 0 Å². The van der Waals surface area contributed by atoms with Crippen molar-refractivity contribution < 1.29 is 19.5 Å². The van der Waals surface area contributed by atoms with Crippen LogP contribution in [-0.2, 0) is 14.4 Å². The fourth-order valence-corrected chi connectivity index (χ4v) is 4.27. The lowest BCUT2D eigenvalue weighted by Crippen LogP contribution is -2.19. The minimum absolute atomic E-state index is 0.0507. The van der Waals surface area contributed by atoms with Crippen LogP contribution in [0.25, 0.3) is 0 Å². The van der Waals surface area contributed by atoms with Crippen LogP contribution in [0.3, 0.4) is 0 Å². The minimum atomic E-state index is -1.15. The molecule has 0 radical (unpaired) electrons. The predicted octanol–water partition coefficient (Wildman–Crippen LogP) is 5.74. The average Bonchev–Trinajstić information content (AvgIpc) is 2.80. The molecule has 3 aromatic carbocycles. The van der Waals surface area contributed by atoms with E-state index in [4.69, 9.17) is 5.11 Å². The Kier molecular flexibility index (Phi) is 8.27. The second-order valence-electron chi connectivity index (χ2n) is 7.86. The number of amides is 2. The van der Waals surface area contributed by atoms with Gasteiger partial charge in [0, 0.05) is 27.9 Å². The monoisotopic (exact) mass is 474 g/mol. The highest BCUT2D eigenvalue weighted by Gasteiger charge is 2.22. The van der Waals surface area contributed by atoms with Gasteiger partial charge in [-0.15, -0.1) is 11.8 Å². The van der Waals surface area contributed by atoms with Crippen LogP contribution >= 0.6 is 11.8 Å². The van der Waals surface area contributed by atoms with Gasteiger partial charge in [0.1, 0.15) is 5.25 Å². The number of hydrogen-bond donors (Lipinski definition) is 3. The number of carboxylic acid groups (broad SMARTS) is 1. The number of aryl methyl sites for hydroxylation is 2. The van der Waals surface area contributed by atoms with Crippen LogP contribution in [0.2, 0.25) is 0 Å². The van der Waals surface area contributed by atoms with Crippen LogP contribution in [-0.4, -0.2) is 22.9 Å². The Labute approximate surface area is 203 Å². The molecule has 2 amide bonds. The molecule has 0 saturated carbocycles. The molecule has 3 N–H and O–H groups in total. The Hall–Kier alpha value is -3.84. The van der Waals surface area contributed by atoms with Gasteiger partial charge >= 0.3 is 5.97 Å². The first kappa shape index (κ1) is 24.8. The van der Waals surface area contributed by atoms with E-state index in [1.165, 1.54) is 18.7 Å². The first-order chi connectivity index (χ1) is 16.2. The first-order valence-corrected chi connectivity index (χ1v) is 11.5. The molecule has 3 rings (SSSR count). The van der Waals surface area contributed by atoms with Crippen molar-refractivity contribution in [2.75, 3.05) is 10.6 Å². The summed E-state index contributed by atoms with van der Waals surface area (Å²) in [6, 6.07) is 22.5. The third kappa shape index (κ3) is 6.83. The second-order valence-corrected chi connectivity index (χ2v) is 9.04. The Morgan fingerprint density at radius 2 is 1.59 bits per heavy atom. The molecule has 0 saturated heterocycles. The lowest BCUT2D eigenvalue weighted by molar-refractivity contribution is -0.132. The van der Waals surface area contributed by atoms with Gasteiger partial charge in [-0.25, -0.2) is 4.79 Å². The molecular weight excluding hydrogens is 448 g/mol. The van der Waals surface area contributed by atoms with Crippen molar-refractivity contribution >= 4 is 40.9 Å². The topological polar surface area (TPSA) is 95.5 Å². The summed E-state index contributed by atoms with van der Waals surface area (Å²) in [6.07, 6.45) is 1.04. The molecule has 1 atom stereocenters. The normalized spacial score (nSPS) is 12.0. The molecule has 0 aromatic heterocycles. The summed E-state index contributed by atoms with van der Waals surface area (Å²) < 4.78 is 0. The summed E-state index contributed by atoms with van der Waals surface area (Å²) in [5.74, 6) is -1.79. The molecule has 0 heterocycles. The number of thioether (sulfide) groups is 1. The highest BCUT2D eigenvalue weighted by molar-refractivity contribution is 8.00. The highest BCUT2D eigenvalue weighted by Crippen LogP contribution is 2.37. The number of anilines is 2.